The number of nitrogen functional groups attached to an aromatic ring is 1. The molecule has 1 unspecified atom stereocenters. The minimum Gasteiger partial charge on any atom is -0.368 e. The number of H-pyrrole nitrogens is 2. The Kier molecular flexibility index (Phi) is 2.73. The first kappa shape index (κ1) is 12.1. The van der Waals surface area contributed by atoms with Crippen molar-refractivity contribution < 1.29 is 0 Å². The Morgan fingerprint density at radius 3 is 3.14 bits per heavy atom. The van der Waals surface area contributed by atoms with Crippen LogP contribution in [0.25, 0.3) is 11.0 Å². The van der Waals surface area contributed by atoms with Gasteiger partial charge in [-0.3, -0.25) is 5.10 Å². The predicted molar refractivity (Wildman–Crippen MR) is 78.9 cm³/mol. The van der Waals surface area contributed by atoms with Gasteiger partial charge in [0.1, 0.15) is 11.6 Å². The number of fused-ring (bicyclic) bond motifs is 1. The fourth-order valence-electron chi connectivity index (χ4n) is 2.97. The molecule has 4 rings (SSSR count). The van der Waals surface area contributed by atoms with Gasteiger partial charge in [0, 0.05) is 31.4 Å². The van der Waals surface area contributed by atoms with Crippen molar-refractivity contribution in [1.82, 2.24) is 30.1 Å². The van der Waals surface area contributed by atoms with Crippen molar-refractivity contribution in [2.45, 2.75) is 18.8 Å². The summed E-state index contributed by atoms with van der Waals surface area (Å²) in [6.45, 7) is 1.82. The molecule has 1 aliphatic heterocycles. The molecule has 3 aromatic rings. The molecule has 1 atom stereocenters. The van der Waals surface area contributed by atoms with Gasteiger partial charge in [-0.1, -0.05) is 0 Å². The Labute approximate surface area is 120 Å². The van der Waals surface area contributed by atoms with Crippen LogP contribution in [0.5, 0.6) is 0 Å². The Morgan fingerprint density at radius 1 is 1.33 bits per heavy atom. The number of piperidine rings is 1. The fourth-order valence-corrected chi connectivity index (χ4v) is 2.97. The van der Waals surface area contributed by atoms with Crippen molar-refractivity contribution in [2.24, 2.45) is 0 Å². The van der Waals surface area contributed by atoms with Crippen LogP contribution in [0.2, 0.25) is 0 Å². The highest BCUT2D eigenvalue weighted by molar-refractivity contribution is 5.87. The summed E-state index contributed by atoms with van der Waals surface area (Å²) in [5.41, 5.74) is 6.48. The number of aromatic nitrogens is 6. The lowest BCUT2D eigenvalue weighted by Gasteiger charge is -2.33. The Bertz CT molecular complexity index is 747. The van der Waals surface area contributed by atoms with Crippen molar-refractivity contribution in [1.29, 1.82) is 0 Å². The average molecular weight is 284 g/mol. The summed E-state index contributed by atoms with van der Waals surface area (Å²) < 4.78 is 0. The molecule has 1 fully saturated rings. The summed E-state index contributed by atoms with van der Waals surface area (Å²) in [6.07, 6.45) is 7.63. The van der Waals surface area contributed by atoms with Crippen LogP contribution in [-0.4, -0.2) is 43.2 Å². The van der Waals surface area contributed by atoms with Crippen LogP contribution in [-0.2, 0) is 0 Å². The third-order valence-electron chi connectivity index (χ3n) is 3.93. The first-order valence-corrected chi connectivity index (χ1v) is 7.02. The van der Waals surface area contributed by atoms with Gasteiger partial charge in [-0.2, -0.15) is 15.1 Å². The number of hydrogen-bond acceptors (Lipinski definition) is 6. The number of rotatable bonds is 2. The SMILES string of the molecule is Nc1nc(N2CCCC(c3ncc[nH]3)C2)c2cn[nH]c2n1. The standard InChI is InChI=1S/C13H16N8/c14-13-18-11-9(6-17-20-11)12(19-13)21-5-1-2-8(7-21)10-15-3-4-16-10/h3-4,6,8H,1-2,5,7H2,(H,15,16)(H3,14,17,18,19,20). The third kappa shape index (κ3) is 2.08. The number of hydrogen-bond donors (Lipinski definition) is 3. The normalized spacial score (nSPS) is 19.2. The van der Waals surface area contributed by atoms with Gasteiger partial charge in [-0.25, -0.2) is 4.98 Å². The second-order valence-electron chi connectivity index (χ2n) is 5.30. The first-order chi connectivity index (χ1) is 10.3. The minimum absolute atomic E-state index is 0.266. The molecular formula is C13H16N8. The summed E-state index contributed by atoms with van der Waals surface area (Å²) in [4.78, 5) is 18.4. The predicted octanol–water partition coefficient (Wildman–Crippen LogP) is 1.04. The number of nitrogens with two attached hydrogens (primary N) is 1. The fraction of sp³-hybridized carbons (Fsp3) is 0.385. The van der Waals surface area contributed by atoms with Crippen molar-refractivity contribution in [3.8, 4) is 0 Å². The summed E-state index contributed by atoms with van der Waals surface area (Å²) in [6, 6.07) is 0. The lowest BCUT2D eigenvalue weighted by Crippen LogP contribution is -2.35. The number of anilines is 2. The third-order valence-corrected chi connectivity index (χ3v) is 3.93. The zero-order valence-corrected chi connectivity index (χ0v) is 11.5. The van der Waals surface area contributed by atoms with Gasteiger partial charge in [0.05, 0.1) is 11.6 Å². The second-order valence-corrected chi connectivity index (χ2v) is 5.30. The summed E-state index contributed by atoms with van der Waals surface area (Å²) >= 11 is 0. The van der Waals surface area contributed by atoms with E-state index in [2.05, 4.69) is 35.0 Å². The van der Waals surface area contributed by atoms with Crippen LogP contribution in [0.15, 0.2) is 18.6 Å². The van der Waals surface area contributed by atoms with Gasteiger partial charge in [0.2, 0.25) is 5.95 Å². The van der Waals surface area contributed by atoms with E-state index in [9.17, 15) is 0 Å². The number of imidazole rings is 1. The molecule has 0 aliphatic carbocycles. The Balaban J connectivity index is 1.70. The maximum Gasteiger partial charge on any atom is 0.224 e. The molecule has 108 valence electrons. The Hall–Kier alpha value is -2.64. The van der Waals surface area contributed by atoms with Crippen LogP contribution in [0.3, 0.4) is 0 Å². The van der Waals surface area contributed by atoms with E-state index in [0.29, 0.717) is 11.6 Å². The highest BCUT2D eigenvalue weighted by Crippen LogP contribution is 2.30. The van der Waals surface area contributed by atoms with E-state index >= 15 is 0 Å². The molecule has 0 saturated carbocycles. The van der Waals surface area contributed by atoms with E-state index in [1.807, 2.05) is 6.20 Å². The molecule has 0 spiro atoms. The minimum atomic E-state index is 0.266. The summed E-state index contributed by atoms with van der Waals surface area (Å²) in [7, 11) is 0. The second kappa shape index (κ2) is 4.72. The molecule has 4 N–H and O–H groups in total. The van der Waals surface area contributed by atoms with Crippen molar-refractivity contribution in [2.75, 3.05) is 23.7 Å². The molecule has 3 aromatic heterocycles. The lowest BCUT2D eigenvalue weighted by molar-refractivity contribution is 0.492. The molecule has 8 heteroatoms. The van der Waals surface area contributed by atoms with Crippen LogP contribution in [0.4, 0.5) is 11.8 Å². The number of nitrogens with one attached hydrogen (secondary N) is 2. The average Bonchev–Trinajstić information content (AvgIpc) is 3.17. The molecule has 0 amide bonds. The highest BCUT2D eigenvalue weighted by atomic mass is 15.2. The molecule has 1 saturated heterocycles. The van der Waals surface area contributed by atoms with Gasteiger partial charge < -0.3 is 15.6 Å². The van der Waals surface area contributed by atoms with E-state index in [0.717, 1.165) is 43.0 Å². The molecule has 0 radical (unpaired) electrons. The van der Waals surface area contributed by atoms with Crippen LogP contribution in [0, 0.1) is 0 Å². The monoisotopic (exact) mass is 284 g/mol. The maximum absolute atomic E-state index is 5.80. The van der Waals surface area contributed by atoms with Crippen molar-refractivity contribution in [3.05, 3.63) is 24.4 Å². The zero-order valence-electron chi connectivity index (χ0n) is 11.5. The molecule has 1 aliphatic rings. The van der Waals surface area contributed by atoms with Gasteiger partial charge in [-0.05, 0) is 12.8 Å². The molecule has 8 nitrogen and oxygen atoms in total. The van der Waals surface area contributed by atoms with Gasteiger partial charge in [0.15, 0.2) is 5.65 Å². The number of aromatic amines is 2. The topological polar surface area (TPSA) is 112 Å². The van der Waals surface area contributed by atoms with E-state index < -0.39 is 0 Å². The number of nitrogens with zero attached hydrogens (tertiary/aromatic N) is 5. The molecule has 0 bridgehead atoms. The van der Waals surface area contributed by atoms with Gasteiger partial charge >= 0.3 is 0 Å². The molecule has 4 heterocycles. The Morgan fingerprint density at radius 2 is 2.29 bits per heavy atom. The van der Waals surface area contributed by atoms with E-state index in [-0.39, 0.29) is 5.95 Å². The highest BCUT2D eigenvalue weighted by Gasteiger charge is 2.25. The lowest BCUT2D eigenvalue weighted by atomic mass is 9.97. The smallest absolute Gasteiger partial charge is 0.224 e. The van der Waals surface area contributed by atoms with Crippen LogP contribution < -0.4 is 10.6 Å². The van der Waals surface area contributed by atoms with Crippen molar-refractivity contribution >= 4 is 22.8 Å². The quantitative estimate of drug-likeness (QED) is 0.648. The van der Waals surface area contributed by atoms with Gasteiger partial charge in [0.25, 0.3) is 0 Å². The first-order valence-electron chi connectivity index (χ1n) is 7.02. The van der Waals surface area contributed by atoms with E-state index in [1.54, 1.807) is 12.4 Å². The largest absolute Gasteiger partial charge is 0.368 e. The van der Waals surface area contributed by atoms with E-state index in [4.69, 9.17) is 5.73 Å². The van der Waals surface area contributed by atoms with E-state index in [1.165, 1.54) is 0 Å². The van der Waals surface area contributed by atoms with Gasteiger partial charge in [-0.15, -0.1) is 0 Å². The van der Waals surface area contributed by atoms with Crippen molar-refractivity contribution in [3.63, 3.8) is 0 Å². The van der Waals surface area contributed by atoms with Crippen LogP contribution in [0.1, 0.15) is 24.6 Å². The summed E-state index contributed by atoms with van der Waals surface area (Å²) in [5.74, 6) is 2.53. The molecule has 0 aromatic carbocycles. The summed E-state index contributed by atoms with van der Waals surface area (Å²) in [5, 5.41) is 7.80. The molecular weight excluding hydrogens is 268 g/mol. The zero-order chi connectivity index (χ0) is 14.2. The van der Waals surface area contributed by atoms with Crippen LogP contribution >= 0.6 is 0 Å². The molecule has 21 heavy (non-hydrogen) atoms. The maximum atomic E-state index is 5.80.